The first-order valence-corrected chi connectivity index (χ1v) is 14.5. The summed E-state index contributed by atoms with van der Waals surface area (Å²) in [5.74, 6) is -0.0407. The third kappa shape index (κ3) is 6.09. The zero-order chi connectivity index (χ0) is 28.9. The second-order valence-corrected chi connectivity index (χ2v) is 11.1. The predicted octanol–water partition coefficient (Wildman–Crippen LogP) is 5.85. The van der Waals surface area contributed by atoms with Gasteiger partial charge in [0.25, 0.3) is 12.2 Å². The monoisotopic (exact) mass is 581 g/mol. The van der Waals surface area contributed by atoms with Crippen molar-refractivity contribution in [2.75, 3.05) is 19.8 Å². The van der Waals surface area contributed by atoms with E-state index in [1.54, 1.807) is 15.9 Å². The third-order valence-corrected chi connectivity index (χ3v) is 8.31. The number of nitrogens with one attached hydrogen (secondary N) is 1. The highest BCUT2D eigenvalue weighted by Crippen LogP contribution is 2.34. The Kier molecular flexibility index (Phi) is 8.33. The lowest BCUT2D eigenvalue weighted by Crippen LogP contribution is -2.38. The molecule has 5 aromatic rings. The molecule has 42 heavy (non-hydrogen) atoms. The molecule has 1 atom stereocenters. The maximum absolute atomic E-state index is 12.9. The topological polar surface area (TPSA) is 78.6 Å². The van der Waals surface area contributed by atoms with Crippen molar-refractivity contribution in [2.24, 2.45) is 0 Å². The fourth-order valence-corrected chi connectivity index (χ4v) is 6.01. The van der Waals surface area contributed by atoms with E-state index in [1.807, 2.05) is 30.5 Å². The van der Waals surface area contributed by atoms with Crippen LogP contribution in [0.5, 0.6) is 0 Å². The molecule has 212 valence electrons. The van der Waals surface area contributed by atoms with Gasteiger partial charge in [-0.1, -0.05) is 77.5 Å². The van der Waals surface area contributed by atoms with Gasteiger partial charge in [-0.25, -0.2) is 4.39 Å². The van der Waals surface area contributed by atoms with Crippen LogP contribution in [-0.2, 0) is 11.2 Å². The summed E-state index contributed by atoms with van der Waals surface area (Å²) >= 11 is 6.38. The molecule has 1 aliphatic rings. The molecule has 7 nitrogen and oxygen atoms in total. The number of rotatable bonds is 8. The SMILES string of the molecule is O=C(CF)N1CCC(c2cccc([C@H](Cc3ccccc3)c3ccc(-c4cc(Cl)ccc4-[n+]4cnn[nH]4)cn3)c2)CC1. The molecule has 3 heterocycles. The van der Waals surface area contributed by atoms with Crippen LogP contribution in [0.15, 0.2) is 97.5 Å². The van der Waals surface area contributed by atoms with Gasteiger partial charge in [-0.3, -0.25) is 9.78 Å². The average Bonchev–Trinajstić information content (AvgIpc) is 3.59. The number of benzene rings is 3. The van der Waals surface area contributed by atoms with E-state index in [4.69, 9.17) is 16.6 Å². The summed E-state index contributed by atoms with van der Waals surface area (Å²) in [5, 5.41) is 11.2. The fourth-order valence-electron chi connectivity index (χ4n) is 5.83. The Bertz CT molecular complexity index is 1640. The van der Waals surface area contributed by atoms with Crippen molar-refractivity contribution in [3.63, 3.8) is 0 Å². The van der Waals surface area contributed by atoms with Gasteiger partial charge in [-0.05, 0) is 66.1 Å². The number of H-pyrrole nitrogens is 1. The maximum atomic E-state index is 12.9. The van der Waals surface area contributed by atoms with E-state index >= 15 is 0 Å². The van der Waals surface area contributed by atoms with Crippen molar-refractivity contribution >= 4 is 17.5 Å². The van der Waals surface area contributed by atoms with Crippen LogP contribution >= 0.6 is 11.6 Å². The first-order valence-electron chi connectivity index (χ1n) is 14.1. The minimum atomic E-state index is -0.926. The van der Waals surface area contributed by atoms with Gasteiger partial charge in [0.2, 0.25) is 0 Å². The van der Waals surface area contributed by atoms with Crippen LogP contribution in [0.25, 0.3) is 16.8 Å². The van der Waals surface area contributed by atoms with Gasteiger partial charge in [-0.15, -0.1) is 4.68 Å². The summed E-state index contributed by atoms with van der Waals surface area (Å²) < 4.78 is 14.6. The number of carbonyl (C=O) groups is 1. The highest BCUT2D eigenvalue weighted by atomic mass is 35.5. The number of aromatic amines is 1. The first-order chi connectivity index (χ1) is 20.6. The molecule has 0 spiro atoms. The molecule has 9 heteroatoms. The number of alkyl halides is 1. The fraction of sp³-hybridized carbons (Fsp3) is 0.242. The van der Waals surface area contributed by atoms with Gasteiger partial charge in [-0.2, -0.15) is 0 Å². The van der Waals surface area contributed by atoms with E-state index in [9.17, 15) is 9.18 Å². The zero-order valence-corrected chi connectivity index (χ0v) is 23.8. The number of amides is 1. The molecule has 1 aliphatic heterocycles. The van der Waals surface area contributed by atoms with E-state index in [0.717, 1.165) is 41.8 Å². The number of likely N-dealkylation sites (tertiary alicyclic amines) is 1. The number of hydrogen-bond acceptors (Lipinski definition) is 4. The van der Waals surface area contributed by atoms with Crippen molar-refractivity contribution in [1.82, 2.24) is 25.4 Å². The van der Waals surface area contributed by atoms with Crippen LogP contribution in [0.3, 0.4) is 0 Å². The Balaban J connectivity index is 1.31. The standard InChI is InChI=1S/C33H30ClFN6O/c34-28-10-12-32(41-22-37-38-39-41)30(19-28)27-9-11-31(36-21-27)29(17-23-5-2-1-3-6-23)26-8-4-7-25(18-26)24-13-15-40(16-14-24)33(42)20-35/h1-12,18-19,21-22,24,29H,13-17,20H2/p+1/t29-/m0/s1. The number of aromatic nitrogens is 5. The van der Waals surface area contributed by atoms with Crippen LogP contribution < -0.4 is 4.68 Å². The molecular weight excluding hydrogens is 551 g/mol. The van der Waals surface area contributed by atoms with Gasteiger partial charge in [0.1, 0.15) is 10.8 Å². The van der Waals surface area contributed by atoms with Gasteiger partial charge in [0, 0.05) is 47.0 Å². The lowest BCUT2D eigenvalue weighted by Gasteiger charge is -2.32. The van der Waals surface area contributed by atoms with Crippen LogP contribution in [0.1, 0.15) is 47.1 Å². The van der Waals surface area contributed by atoms with Crippen molar-refractivity contribution in [1.29, 1.82) is 0 Å². The number of halogens is 2. The summed E-state index contributed by atoms with van der Waals surface area (Å²) in [6, 6.07) is 29.1. The van der Waals surface area contributed by atoms with Gasteiger partial charge in [0.15, 0.2) is 11.9 Å². The first kappa shape index (κ1) is 27.7. The Hall–Kier alpha value is -4.43. The van der Waals surface area contributed by atoms with Gasteiger partial charge in [0.05, 0.1) is 0 Å². The van der Waals surface area contributed by atoms with E-state index in [1.165, 1.54) is 16.7 Å². The second-order valence-electron chi connectivity index (χ2n) is 10.6. The molecule has 2 aromatic heterocycles. The minimum absolute atomic E-state index is 0.0413. The predicted molar refractivity (Wildman–Crippen MR) is 159 cm³/mol. The van der Waals surface area contributed by atoms with E-state index in [0.29, 0.717) is 24.0 Å². The molecule has 6 rings (SSSR count). The van der Waals surface area contributed by atoms with E-state index < -0.39 is 12.6 Å². The molecule has 1 fully saturated rings. The summed E-state index contributed by atoms with van der Waals surface area (Å²) in [6.07, 6.45) is 5.97. The minimum Gasteiger partial charge on any atom is -0.340 e. The number of piperidine rings is 1. The van der Waals surface area contributed by atoms with Crippen LogP contribution in [0, 0.1) is 0 Å². The smallest absolute Gasteiger partial charge is 0.293 e. The van der Waals surface area contributed by atoms with Crippen molar-refractivity contribution in [3.05, 3.63) is 125 Å². The summed E-state index contributed by atoms with van der Waals surface area (Å²) in [7, 11) is 0. The number of pyridine rings is 1. The van der Waals surface area contributed by atoms with Crippen LogP contribution in [0.4, 0.5) is 4.39 Å². The van der Waals surface area contributed by atoms with Gasteiger partial charge < -0.3 is 4.90 Å². The number of carbonyl (C=O) groups excluding carboxylic acids is 1. The Morgan fingerprint density at radius 3 is 2.57 bits per heavy atom. The summed E-state index contributed by atoms with van der Waals surface area (Å²) in [6.45, 7) is 0.254. The van der Waals surface area contributed by atoms with Crippen molar-refractivity contribution in [3.8, 4) is 16.8 Å². The molecule has 1 saturated heterocycles. The molecule has 1 amide bonds. The Labute approximate surface area is 249 Å². The molecule has 0 saturated carbocycles. The Morgan fingerprint density at radius 1 is 1.02 bits per heavy atom. The lowest BCUT2D eigenvalue weighted by molar-refractivity contribution is -0.659. The van der Waals surface area contributed by atoms with Crippen molar-refractivity contribution in [2.45, 2.75) is 31.1 Å². The molecule has 0 unspecified atom stereocenters. The summed E-state index contributed by atoms with van der Waals surface area (Å²) in [4.78, 5) is 18.4. The molecule has 1 N–H and O–H groups in total. The summed E-state index contributed by atoms with van der Waals surface area (Å²) in [5.41, 5.74) is 7.37. The number of hydrogen-bond donors (Lipinski definition) is 1. The largest absolute Gasteiger partial charge is 0.340 e. The average molecular weight is 582 g/mol. The van der Waals surface area contributed by atoms with Crippen LogP contribution in [-0.4, -0.2) is 51.1 Å². The van der Waals surface area contributed by atoms with Crippen molar-refractivity contribution < 1.29 is 13.9 Å². The highest BCUT2D eigenvalue weighted by Gasteiger charge is 2.25. The quantitative estimate of drug-likeness (QED) is 0.233. The van der Waals surface area contributed by atoms with Gasteiger partial charge >= 0.3 is 0 Å². The van der Waals surface area contributed by atoms with E-state index in [2.05, 4.69) is 76.2 Å². The number of tetrazole rings is 1. The molecule has 0 bridgehead atoms. The second kappa shape index (κ2) is 12.6. The molecular formula is C33H31ClFN6O+. The zero-order valence-electron chi connectivity index (χ0n) is 23.0. The lowest BCUT2D eigenvalue weighted by atomic mass is 9.84. The Morgan fingerprint density at radius 2 is 1.86 bits per heavy atom. The molecule has 0 radical (unpaired) electrons. The molecule has 0 aliphatic carbocycles. The third-order valence-electron chi connectivity index (χ3n) is 8.08. The highest BCUT2D eigenvalue weighted by molar-refractivity contribution is 6.31. The maximum Gasteiger partial charge on any atom is 0.293 e. The van der Waals surface area contributed by atoms with E-state index in [-0.39, 0.29) is 5.92 Å². The number of nitrogens with zero attached hydrogens (tertiary/aromatic N) is 5. The normalized spacial score (nSPS) is 14.6. The molecule has 3 aromatic carbocycles. The van der Waals surface area contributed by atoms with Crippen LogP contribution in [0.2, 0.25) is 5.02 Å².